The van der Waals surface area contributed by atoms with Crippen LogP contribution >= 0.6 is 0 Å². The van der Waals surface area contributed by atoms with Crippen LogP contribution < -0.4 is 5.32 Å². The monoisotopic (exact) mass is 605 g/mol. The topological polar surface area (TPSA) is 104 Å². The molecule has 0 radical (unpaired) electrons. The van der Waals surface area contributed by atoms with Crippen molar-refractivity contribution in [2.45, 2.75) is 135 Å². The zero-order valence-corrected chi connectivity index (χ0v) is 27.2. The molecule has 42 heavy (non-hydrogen) atoms. The Bertz CT molecular complexity index is 931. The third kappa shape index (κ3) is 29.3. The number of nitrogens with one attached hydrogen (secondary N) is 1. The molecule has 0 saturated heterocycles. The van der Waals surface area contributed by atoms with Crippen LogP contribution in [0.1, 0.15) is 123 Å². The van der Waals surface area contributed by atoms with E-state index in [0.29, 0.717) is 12.8 Å². The van der Waals surface area contributed by atoms with Gasteiger partial charge in [-0.1, -0.05) is 125 Å². The van der Waals surface area contributed by atoms with Gasteiger partial charge in [0.1, 0.15) is 0 Å². The molecule has 0 aliphatic heterocycles. The average Bonchev–Trinajstić information content (AvgIpc) is 2.94. The standard InChI is InChI=1S/C35H59NO5S/c1-3-5-7-9-11-13-14-15-16-17-18-19-20-21-22-23-25-27-29-31-35(38)36-33(32-42(39,40)41)34(37)30-28-26-24-12-10-8-6-4-2/h5,7,10-13,15-16,18-19,28,30,33-34,37H,3-4,6,8-9,14,17,20-27,29,31-32H2,1-2H3,(H,36,38)(H,39,40,41)/b7-5-,12-10+,13-11-,16-15-,19-18-,30-28+. The van der Waals surface area contributed by atoms with Gasteiger partial charge in [0.2, 0.25) is 5.91 Å². The normalized spacial score (nSPS) is 14.5. The lowest BCUT2D eigenvalue weighted by atomic mass is 10.1. The van der Waals surface area contributed by atoms with E-state index >= 15 is 0 Å². The molecule has 2 atom stereocenters. The number of carbonyl (C=O) groups is 1. The molecule has 6 nitrogen and oxygen atoms in total. The predicted molar refractivity (Wildman–Crippen MR) is 179 cm³/mol. The molecule has 0 heterocycles. The molecule has 3 N–H and O–H groups in total. The fourth-order valence-corrected chi connectivity index (χ4v) is 4.94. The molecule has 0 aromatic carbocycles. The summed E-state index contributed by atoms with van der Waals surface area (Å²) in [7, 11) is -4.35. The van der Waals surface area contributed by atoms with Crippen LogP contribution in [-0.4, -0.2) is 41.9 Å². The van der Waals surface area contributed by atoms with E-state index in [1.54, 1.807) is 6.08 Å². The lowest BCUT2D eigenvalue weighted by Gasteiger charge is -2.21. The van der Waals surface area contributed by atoms with Crippen molar-refractivity contribution in [2.75, 3.05) is 5.75 Å². The third-order valence-corrected chi connectivity index (χ3v) is 7.40. The Morgan fingerprint density at radius 3 is 1.79 bits per heavy atom. The maximum Gasteiger partial charge on any atom is 0.267 e. The van der Waals surface area contributed by atoms with Crippen LogP contribution in [0.2, 0.25) is 0 Å². The Kier molecular flexibility index (Phi) is 27.4. The highest BCUT2D eigenvalue weighted by Crippen LogP contribution is 2.10. The Hall–Kier alpha value is -2.22. The number of amides is 1. The second-order valence-electron chi connectivity index (χ2n) is 10.7. The minimum absolute atomic E-state index is 0.267. The van der Waals surface area contributed by atoms with E-state index in [0.717, 1.165) is 89.9 Å². The summed E-state index contributed by atoms with van der Waals surface area (Å²) >= 11 is 0. The summed E-state index contributed by atoms with van der Waals surface area (Å²) in [5, 5.41) is 13.0. The summed E-state index contributed by atoms with van der Waals surface area (Å²) in [5.74, 6) is -1.03. The summed E-state index contributed by atoms with van der Waals surface area (Å²) in [6, 6.07) is -1.08. The van der Waals surface area contributed by atoms with Gasteiger partial charge >= 0.3 is 0 Å². The molecule has 0 aromatic heterocycles. The molecule has 0 aromatic rings. The van der Waals surface area contributed by atoms with Crippen molar-refractivity contribution in [3.05, 3.63) is 72.9 Å². The molecule has 1 amide bonds. The molecular formula is C35H59NO5S. The summed E-state index contributed by atoms with van der Waals surface area (Å²) < 4.78 is 32.1. The van der Waals surface area contributed by atoms with Gasteiger partial charge in [-0.3, -0.25) is 9.35 Å². The fraction of sp³-hybridized carbons (Fsp3) is 0.629. The van der Waals surface area contributed by atoms with Gasteiger partial charge in [-0.15, -0.1) is 0 Å². The average molecular weight is 606 g/mol. The lowest BCUT2D eigenvalue weighted by Crippen LogP contribution is -2.46. The highest BCUT2D eigenvalue weighted by molar-refractivity contribution is 7.85. The fourth-order valence-electron chi connectivity index (χ4n) is 4.20. The van der Waals surface area contributed by atoms with Crippen LogP contribution in [-0.2, 0) is 14.9 Å². The maximum absolute atomic E-state index is 12.4. The second kappa shape index (κ2) is 28.9. The lowest BCUT2D eigenvalue weighted by molar-refractivity contribution is -0.122. The van der Waals surface area contributed by atoms with Crippen LogP contribution in [0.5, 0.6) is 0 Å². The molecule has 0 fully saturated rings. The Balaban J connectivity index is 4.04. The van der Waals surface area contributed by atoms with E-state index in [4.69, 9.17) is 0 Å². The second-order valence-corrected chi connectivity index (χ2v) is 12.2. The molecule has 0 bridgehead atoms. The van der Waals surface area contributed by atoms with Gasteiger partial charge in [0, 0.05) is 6.42 Å². The summed E-state index contributed by atoms with van der Waals surface area (Å²) in [6.07, 6.45) is 40.4. The van der Waals surface area contributed by atoms with E-state index in [1.807, 2.05) is 0 Å². The van der Waals surface area contributed by atoms with Crippen molar-refractivity contribution in [1.29, 1.82) is 0 Å². The molecular weight excluding hydrogens is 546 g/mol. The maximum atomic E-state index is 12.4. The van der Waals surface area contributed by atoms with Gasteiger partial charge in [0.15, 0.2) is 0 Å². The van der Waals surface area contributed by atoms with Crippen molar-refractivity contribution in [3.63, 3.8) is 0 Å². The first kappa shape index (κ1) is 39.8. The Morgan fingerprint density at radius 1 is 0.667 bits per heavy atom. The van der Waals surface area contributed by atoms with Crippen molar-refractivity contribution < 1.29 is 22.9 Å². The summed E-state index contributed by atoms with van der Waals surface area (Å²) in [6.45, 7) is 4.29. The molecule has 0 aliphatic carbocycles. The van der Waals surface area contributed by atoms with Crippen LogP contribution in [0, 0.1) is 0 Å². The van der Waals surface area contributed by atoms with Gasteiger partial charge in [-0.05, 0) is 64.2 Å². The predicted octanol–water partition coefficient (Wildman–Crippen LogP) is 8.73. The minimum atomic E-state index is -4.35. The third-order valence-electron chi connectivity index (χ3n) is 6.62. The smallest absolute Gasteiger partial charge is 0.267 e. The summed E-state index contributed by atoms with van der Waals surface area (Å²) in [5.41, 5.74) is 0. The number of allylic oxidation sites excluding steroid dienone is 11. The van der Waals surface area contributed by atoms with Crippen LogP contribution in [0.15, 0.2) is 72.9 Å². The number of hydrogen-bond donors (Lipinski definition) is 3. The van der Waals surface area contributed by atoms with Gasteiger partial charge < -0.3 is 10.4 Å². The summed E-state index contributed by atoms with van der Waals surface area (Å²) in [4.78, 5) is 12.4. The molecule has 0 saturated carbocycles. The minimum Gasteiger partial charge on any atom is -0.387 e. The Labute approximate surface area is 257 Å². The van der Waals surface area contributed by atoms with E-state index in [9.17, 15) is 22.9 Å². The molecule has 0 spiro atoms. The zero-order valence-electron chi connectivity index (χ0n) is 26.3. The molecule has 0 rings (SSSR count). The van der Waals surface area contributed by atoms with Crippen LogP contribution in [0.4, 0.5) is 0 Å². The van der Waals surface area contributed by atoms with Gasteiger partial charge in [-0.25, -0.2) is 0 Å². The van der Waals surface area contributed by atoms with Crippen molar-refractivity contribution in [3.8, 4) is 0 Å². The number of unbranched alkanes of at least 4 members (excludes halogenated alkanes) is 9. The SMILES string of the molecule is CC/C=C\C/C=C\C/C=C\C/C=C\CCCCCCCCC(=O)NC(CS(=O)(=O)O)C(O)/C=C/CC/C=C/CCCC. The number of aliphatic hydroxyl groups is 1. The van der Waals surface area contributed by atoms with Gasteiger partial charge in [0.05, 0.1) is 17.9 Å². The molecule has 2 unspecified atom stereocenters. The first-order valence-corrected chi connectivity index (χ1v) is 17.7. The van der Waals surface area contributed by atoms with Gasteiger partial charge in [0.25, 0.3) is 10.1 Å². The Morgan fingerprint density at radius 2 is 1.17 bits per heavy atom. The number of carbonyl (C=O) groups excluding carboxylic acids is 1. The largest absolute Gasteiger partial charge is 0.387 e. The van der Waals surface area contributed by atoms with E-state index in [1.165, 1.54) is 6.08 Å². The van der Waals surface area contributed by atoms with E-state index < -0.39 is 28.0 Å². The molecule has 7 heteroatoms. The first-order chi connectivity index (χ1) is 20.3. The van der Waals surface area contributed by atoms with E-state index in [-0.39, 0.29) is 12.3 Å². The highest BCUT2D eigenvalue weighted by atomic mass is 32.2. The van der Waals surface area contributed by atoms with Crippen LogP contribution in [0.3, 0.4) is 0 Å². The molecule has 0 aliphatic rings. The number of aliphatic hydroxyl groups excluding tert-OH is 1. The van der Waals surface area contributed by atoms with Crippen molar-refractivity contribution in [2.24, 2.45) is 0 Å². The highest BCUT2D eigenvalue weighted by Gasteiger charge is 2.24. The zero-order chi connectivity index (χ0) is 31.2. The number of rotatable bonds is 27. The number of hydrogen-bond acceptors (Lipinski definition) is 4. The molecule has 240 valence electrons. The van der Waals surface area contributed by atoms with Crippen LogP contribution in [0.25, 0.3) is 0 Å². The van der Waals surface area contributed by atoms with E-state index in [2.05, 4.69) is 79.9 Å². The first-order valence-electron chi connectivity index (χ1n) is 16.1. The quantitative estimate of drug-likeness (QED) is 0.0493. The van der Waals surface area contributed by atoms with Crippen molar-refractivity contribution >= 4 is 16.0 Å². The van der Waals surface area contributed by atoms with Crippen molar-refractivity contribution in [1.82, 2.24) is 5.32 Å². The van der Waals surface area contributed by atoms with Gasteiger partial charge in [-0.2, -0.15) is 8.42 Å².